The molecule has 92 valence electrons. The van der Waals surface area contributed by atoms with E-state index in [0.29, 0.717) is 24.2 Å². The van der Waals surface area contributed by atoms with Crippen LogP contribution in [-0.4, -0.2) is 12.4 Å². The van der Waals surface area contributed by atoms with Crippen LogP contribution in [0.3, 0.4) is 0 Å². The molecule has 0 aromatic heterocycles. The van der Waals surface area contributed by atoms with Gasteiger partial charge in [-0.1, -0.05) is 24.3 Å². The molecule has 0 spiro atoms. The maximum atomic E-state index is 12.4. The van der Waals surface area contributed by atoms with Crippen LogP contribution in [0.1, 0.15) is 29.9 Å². The zero-order chi connectivity index (χ0) is 12.1. The Kier molecular flexibility index (Phi) is 2.14. The van der Waals surface area contributed by atoms with Crippen LogP contribution in [0.5, 0.6) is 0 Å². The SMILES string of the molecule is O=C(C1=CCCO1)C1C2CCc3ccccc3C21. The molecule has 3 atom stereocenters. The van der Waals surface area contributed by atoms with Crippen LogP contribution in [0.15, 0.2) is 36.1 Å². The maximum absolute atomic E-state index is 12.4. The van der Waals surface area contributed by atoms with Gasteiger partial charge in [-0.2, -0.15) is 0 Å². The first-order valence-corrected chi connectivity index (χ1v) is 6.81. The number of carbonyl (C=O) groups is 1. The normalized spacial score (nSPS) is 32.0. The largest absolute Gasteiger partial charge is 0.490 e. The summed E-state index contributed by atoms with van der Waals surface area (Å²) < 4.78 is 5.42. The minimum atomic E-state index is 0.193. The summed E-state index contributed by atoms with van der Waals surface area (Å²) in [4.78, 5) is 12.4. The summed E-state index contributed by atoms with van der Waals surface area (Å²) in [6, 6.07) is 8.59. The van der Waals surface area contributed by atoms with E-state index in [2.05, 4.69) is 24.3 Å². The molecule has 2 nitrogen and oxygen atoms in total. The third kappa shape index (κ3) is 1.38. The molecule has 1 aromatic carbocycles. The minimum Gasteiger partial charge on any atom is -0.490 e. The molecule has 1 aliphatic heterocycles. The Morgan fingerprint density at radius 3 is 3.00 bits per heavy atom. The third-order valence-electron chi connectivity index (χ3n) is 4.58. The second-order valence-corrected chi connectivity index (χ2v) is 5.52. The second-order valence-electron chi connectivity index (χ2n) is 5.52. The van der Waals surface area contributed by atoms with Crippen LogP contribution in [-0.2, 0) is 16.0 Å². The fourth-order valence-corrected chi connectivity index (χ4v) is 3.68. The van der Waals surface area contributed by atoms with Crippen molar-refractivity contribution >= 4 is 5.78 Å². The van der Waals surface area contributed by atoms with Crippen LogP contribution in [0, 0.1) is 11.8 Å². The molecular formula is C16H16O2. The van der Waals surface area contributed by atoms with Gasteiger partial charge in [0.2, 0.25) is 5.78 Å². The summed E-state index contributed by atoms with van der Waals surface area (Å²) in [6.45, 7) is 0.680. The molecule has 18 heavy (non-hydrogen) atoms. The van der Waals surface area contributed by atoms with Crippen molar-refractivity contribution in [1.29, 1.82) is 0 Å². The van der Waals surface area contributed by atoms with Crippen LogP contribution < -0.4 is 0 Å². The van der Waals surface area contributed by atoms with E-state index in [1.54, 1.807) is 0 Å². The van der Waals surface area contributed by atoms with E-state index >= 15 is 0 Å². The number of hydrogen-bond acceptors (Lipinski definition) is 2. The number of allylic oxidation sites excluding steroid dienone is 1. The summed E-state index contributed by atoms with van der Waals surface area (Å²) in [5.74, 6) is 2.11. The molecule has 1 aromatic rings. The van der Waals surface area contributed by atoms with Crippen molar-refractivity contribution < 1.29 is 9.53 Å². The maximum Gasteiger partial charge on any atom is 0.201 e. The molecule has 1 heterocycles. The van der Waals surface area contributed by atoms with Crippen LogP contribution in [0.2, 0.25) is 0 Å². The van der Waals surface area contributed by atoms with Crippen molar-refractivity contribution in [3.63, 3.8) is 0 Å². The number of aryl methyl sites for hydroxylation is 1. The molecule has 1 saturated carbocycles. The minimum absolute atomic E-state index is 0.193. The number of rotatable bonds is 2. The molecule has 2 heteroatoms. The molecule has 0 bridgehead atoms. The lowest BCUT2D eigenvalue weighted by atomic mass is 9.92. The second kappa shape index (κ2) is 3.71. The van der Waals surface area contributed by atoms with Crippen molar-refractivity contribution in [2.24, 2.45) is 11.8 Å². The Morgan fingerprint density at radius 2 is 2.17 bits per heavy atom. The van der Waals surface area contributed by atoms with E-state index in [1.165, 1.54) is 11.1 Å². The third-order valence-corrected chi connectivity index (χ3v) is 4.58. The van der Waals surface area contributed by atoms with Gasteiger partial charge in [0.15, 0.2) is 5.76 Å². The molecule has 3 unspecified atom stereocenters. The van der Waals surface area contributed by atoms with Gasteiger partial charge in [-0.3, -0.25) is 4.79 Å². The summed E-state index contributed by atoms with van der Waals surface area (Å²) in [6.07, 6.45) is 5.13. The number of ketones is 1. The number of fused-ring (bicyclic) bond motifs is 3. The number of ether oxygens (including phenoxy) is 1. The Bertz CT molecular complexity index is 544. The number of benzene rings is 1. The zero-order valence-electron chi connectivity index (χ0n) is 10.3. The van der Waals surface area contributed by atoms with Gasteiger partial charge in [0, 0.05) is 12.3 Å². The highest BCUT2D eigenvalue weighted by Crippen LogP contribution is 2.60. The fraction of sp³-hybridized carbons (Fsp3) is 0.438. The Balaban J connectivity index is 1.63. The molecule has 0 N–H and O–H groups in total. The molecule has 1 fully saturated rings. The monoisotopic (exact) mass is 240 g/mol. The Morgan fingerprint density at radius 1 is 1.28 bits per heavy atom. The molecule has 2 aliphatic carbocycles. The van der Waals surface area contributed by atoms with Gasteiger partial charge in [-0.25, -0.2) is 0 Å². The highest BCUT2D eigenvalue weighted by Gasteiger charge is 2.57. The van der Waals surface area contributed by atoms with E-state index < -0.39 is 0 Å². The molecule has 0 saturated heterocycles. The van der Waals surface area contributed by atoms with Crippen molar-refractivity contribution in [2.75, 3.05) is 6.61 Å². The summed E-state index contributed by atoms with van der Waals surface area (Å²) >= 11 is 0. The summed E-state index contributed by atoms with van der Waals surface area (Å²) in [7, 11) is 0. The van der Waals surface area contributed by atoms with E-state index in [4.69, 9.17) is 4.74 Å². The lowest BCUT2D eigenvalue weighted by Crippen LogP contribution is -2.07. The van der Waals surface area contributed by atoms with E-state index in [1.807, 2.05) is 6.08 Å². The summed E-state index contributed by atoms with van der Waals surface area (Å²) in [5.41, 5.74) is 2.85. The average Bonchev–Trinajstić information content (AvgIpc) is 2.89. The first-order chi connectivity index (χ1) is 8.86. The van der Waals surface area contributed by atoms with E-state index in [9.17, 15) is 4.79 Å². The Labute approximate surface area is 107 Å². The van der Waals surface area contributed by atoms with Crippen LogP contribution in [0.25, 0.3) is 0 Å². The highest BCUT2D eigenvalue weighted by molar-refractivity contribution is 5.99. The lowest BCUT2D eigenvalue weighted by molar-refractivity contribution is -0.120. The van der Waals surface area contributed by atoms with Gasteiger partial charge >= 0.3 is 0 Å². The number of hydrogen-bond donors (Lipinski definition) is 0. The van der Waals surface area contributed by atoms with Crippen LogP contribution in [0.4, 0.5) is 0 Å². The number of carbonyl (C=O) groups excluding carboxylic acids is 1. The van der Waals surface area contributed by atoms with Crippen molar-refractivity contribution in [1.82, 2.24) is 0 Å². The van der Waals surface area contributed by atoms with Crippen molar-refractivity contribution in [3.8, 4) is 0 Å². The predicted molar refractivity (Wildman–Crippen MR) is 68.1 cm³/mol. The van der Waals surface area contributed by atoms with Gasteiger partial charge in [-0.05, 0) is 41.9 Å². The van der Waals surface area contributed by atoms with E-state index in [0.717, 1.165) is 19.3 Å². The van der Waals surface area contributed by atoms with Gasteiger partial charge in [0.05, 0.1) is 6.61 Å². The topological polar surface area (TPSA) is 26.3 Å². The lowest BCUT2D eigenvalue weighted by Gasteiger charge is -2.13. The smallest absolute Gasteiger partial charge is 0.201 e. The van der Waals surface area contributed by atoms with Gasteiger partial charge < -0.3 is 4.74 Å². The quantitative estimate of drug-likeness (QED) is 0.794. The van der Waals surface area contributed by atoms with Crippen molar-refractivity contribution in [3.05, 3.63) is 47.2 Å². The molecule has 0 radical (unpaired) electrons. The Hall–Kier alpha value is -1.57. The zero-order valence-corrected chi connectivity index (χ0v) is 10.3. The van der Waals surface area contributed by atoms with Crippen molar-refractivity contribution in [2.45, 2.75) is 25.2 Å². The fourth-order valence-electron chi connectivity index (χ4n) is 3.68. The summed E-state index contributed by atoms with van der Waals surface area (Å²) in [5, 5.41) is 0. The van der Waals surface area contributed by atoms with Crippen LogP contribution >= 0.6 is 0 Å². The highest BCUT2D eigenvalue weighted by atomic mass is 16.5. The van der Waals surface area contributed by atoms with Gasteiger partial charge in [0.25, 0.3) is 0 Å². The standard InChI is InChI=1S/C16H16O2/c17-16(13-6-3-9-18-13)15-12-8-7-10-4-1-2-5-11(10)14(12)15/h1-2,4-6,12,14-15H,3,7-9H2. The average molecular weight is 240 g/mol. The van der Waals surface area contributed by atoms with E-state index in [-0.39, 0.29) is 11.7 Å². The molecule has 4 rings (SSSR count). The molecule has 0 amide bonds. The molecular weight excluding hydrogens is 224 g/mol. The first kappa shape index (κ1) is 10.4. The van der Waals surface area contributed by atoms with Gasteiger partial charge in [0.1, 0.15) is 0 Å². The first-order valence-electron chi connectivity index (χ1n) is 6.81. The van der Waals surface area contributed by atoms with Gasteiger partial charge in [-0.15, -0.1) is 0 Å². The predicted octanol–water partition coefficient (Wildman–Crippen LogP) is 2.84. The molecule has 3 aliphatic rings. The number of Topliss-reactive ketones (excluding diaryl/α,β-unsaturated/α-hetero) is 1.